The fraction of sp³-hybridized carbons (Fsp3) is 0.231. The number of pyridine rings is 1. The highest BCUT2D eigenvalue weighted by Crippen LogP contribution is 2.16. The van der Waals surface area contributed by atoms with Gasteiger partial charge in [0.15, 0.2) is 0 Å². The van der Waals surface area contributed by atoms with Gasteiger partial charge in [-0.05, 0) is 25.1 Å². The third-order valence-corrected chi connectivity index (χ3v) is 2.51. The second-order valence-corrected chi connectivity index (χ2v) is 3.64. The largest absolute Gasteiger partial charge is 0.480 e. The maximum Gasteiger partial charge on any atom is 0.343 e. The number of esters is 1. The summed E-state index contributed by atoms with van der Waals surface area (Å²) in [5.41, 5.74) is 1.15. The van der Waals surface area contributed by atoms with Gasteiger partial charge in [-0.2, -0.15) is 0 Å². The lowest BCUT2D eigenvalue weighted by Gasteiger charge is -2.07. The number of hydrogen-bond donors (Lipinski definition) is 0. The Kier molecular flexibility index (Phi) is 3.62. The van der Waals surface area contributed by atoms with Crippen molar-refractivity contribution in [3.05, 3.63) is 47.5 Å². The Hall–Kier alpha value is -2.30. The Morgan fingerprint density at radius 3 is 2.94 bits per heavy atom. The van der Waals surface area contributed by atoms with Gasteiger partial charge in [0.05, 0.1) is 13.4 Å². The number of carbonyl (C=O) groups excluding carboxylic acids is 1. The van der Waals surface area contributed by atoms with E-state index in [0.29, 0.717) is 5.56 Å². The molecule has 0 saturated carbocycles. The van der Waals surface area contributed by atoms with Crippen LogP contribution < -0.4 is 4.74 Å². The van der Waals surface area contributed by atoms with Crippen LogP contribution in [0.4, 0.5) is 0 Å². The van der Waals surface area contributed by atoms with E-state index in [1.54, 1.807) is 30.7 Å². The van der Waals surface area contributed by atoms with Crippen molar-refractivity contribution in [2.45, 2.75) is 13.5 Å². The van der Waals surface area contributed by atoms with E-state index >= 15 is 0 Å². The van der Waals surface area contributed by atoms with Crippen molar-refractivity contribution in [2.24, 2.45) is 0 Å². The molecule has 0 unspecified atom stereocenters. The predicted molar refractivity (Wildman–Crippen MR) is 63.4 cm³/mol. The van der Waals surface area contributed by atoms with Gasteiger partial charge in [-0.1, -0.05) is 0 Å². The molecule has 0 bridgehead atoms. The van der Waals surface area contributed by atoms with Gasteiger partial charge in [-0.25, -0.2) is 9.78 Å². The molecule has 0 fully saturated rings. The molecule has 2 aromatic rings. The minimum absolute atomic E-state index is 0.166. The monoisotopic (exact) mass is 247 g/mol. The molecule has 0 aliphatic carbocycles. The van der Waals surface area contributed by atoms with Crippen molar-refractivity contribution in [2.75, 3.05) is 7.11 Å². The van der Waals surface area contributed by atoms with Gasteiger partial charge in [0, 0.05) is 11.8 Å². The van der Waals surface area contributed by atoms with Gasteiger partial charge < -0.3 is 13.9 Å². The average Bonchev–Trinajstić information content (AvgIpc) is 2.81. The zero-order valence-corrected chi connectivity index (χ0v) is 10.2. The van der Waals surface area contributed by atoms with E-state index in [-0.39, 0.29) is 12.5 Å². The van der Waals surface area contributed by atoms with Crippen LogP contribution in [0.25, 0.3) is 0 Å². The molecule has 0 aliphatic rings. The smallest absolute Gasteiger partial charge is 0.343 e. The first kappa shape index (κ1) is 12.2. The van der Waals surface area contributed by atoms with Crippen LogP contribution in [0.1, 0.15) is 21.7 Å². The highest BCUT2D eigenvalue weighted by atomic mass is 16.5. The van der Waals surface area contributed by atoms with Crippen molar-refractivity contribution in [3.8, 4) is 5.88 Å². The molecular formula is C13H13NO4. The number of nitrogens with zero attached hydrogens (tertiary/aromatic N) is 1. The number of ether oxygens (including phenoxy) is 2. The summed E-state index contributed by atoms with van der Waals surface area (Å²) >= 11 is 0. The Labute approximate surface area is 104 Å². The highest BCUT2D eigenvalue weighted by Gasteiger charge is 2.15. The number of rotatable bonds is 4. The van der Waals surface area contributed by atoms with E-state index in [2.05, 4.69) is 4.98 Å². The second kappa shape index (κ2) is 5.35. The normalized spacial score (nSPS) is 10.1. The second-order valence-electron chi connectivity index (χ2n) is 3.64. The van der Waals surface area contributed by atoms with Crippen LogP contribution in [-0.2, 0) is 11.3 Å². The molecule has 0 N–H and O–H groups in total. The standard InChI is InChI=1S/C13H13NO4/c1-9-10(5-7-17-9)8-18-13(15)11-4-3-6-14-12(11)16-2/h3-7H,8H2,1-2H3. The van der Waals surface area contributed by atoms with Crippen molar-refractivity contribution in [1.29, 1.82) is 0 Å². The summed E-state index contributed by atoms with van der Waals surface area (Å²) < 4.78 is 15.3. The fourth-order valence-corrected chi connectivity index (χ4v) is 1.49. The molecule has 0 aliphatic heterocycles. The quantitative estimate of drug-likeness (QED) is 0.776. The molecule has 0 saturated heterocycles. The lowest BCUT2D eigenvalue weighted by Crippen LogP contribution is -2.08. The molecule has 0 spiro atoms. The number of hydrogen-bond acceptors (Lipinski definition) is 5. The van der Waals surface area contributed by atoms with Gasteiger partial charge in [-0.15, -0.1) is 0 Å². The van der Waals surface area contributed by atoms with Crippen molar-refractivity contribution < 1.29 is 18.7 Å². The Balaban J connectivity index is 2.06. The van der Waals surface area contributed by atoms with E-state index in [1.165, 1.54) is 7.11 Å². The third kappa shape index (κ3) is 2.51. The van der Waals surface area contributed by atoms with Crippen LogP contribution in [0.15, 0.2) is 35.1 Å². The lowest BCUT2D eigenvalue weighted by molar-refractivity contribution is 0.0467. The van der Waals surface area contributed by atoms with E-state index in [0.717, 1.165) is 11.3 Å². The first-order valence-electron chi connectivity index (χ1n) is 5.41. The molecule has 2 heterocycles. The first-order valence-corrected chi connectivity index (χ1v) is 5.41. The van der Waals surface area contributed by atoms with Crippen LogP contribution in [-0.4, -0.2) is 18.1 Å². The van der Waals surface area contributed by atoms with Crippen LogP contribution in [0.5, 0.6) is 5.88 Å². The van der Waals surface area contributed by atoms with Crippen molar-refractivity contribution in [3.63, 3.8) is 0 Å². The molecular weight excluding hydrogens is 234 g/mol. The van der Waals surface area contributed by atoms with Crippen LogP contribution in [0.2, 0.25) is 0 Å². The Morgan fingerprint density at radius 2 is 2.28 bits per heavy atom. The molecule has 0 amide bonds. The molecule has 5 heteroatoms. The Morgan fingerprint density at radius 1 is 1.44 bits per heavy atom. The van der Waals surface area contributed by atoms with Gasteiger partial charge in [0.25, 0.3) is 0 Å². The Bertz CT molecular complexity index is 547. The number of methoxy groups -OCH3 is 1. The summed E-state index contributed by atoms with van der Waals surface area (Å²) in [6, 6.07) is 5.03. The maximum absolute atomic E-state index is 11.9. The van der Waals surface area contributed by atoms with Crippen LogP contribution >= 0.6 is 0 Å². The summed E-state index contributed by atoms with van der Waals surface area (Å²) in [4.78, 5) is 15.8. The summed E-state index contributed by atoms with van der Waals surface area (Å²) in [7, 11) is 1.46. The topological polar surface area (TPSA) is 61.6 Å². The summed E-state index contributed by atoms with van der Waals surface area (Å²) in [5, 5.41) is 0. The zero-order valence-electron chi connectivity index (χ0n) is 10.2. The third-order valence-electron chi connectivity index (χ3n) is 2.51. The van der Waals surface area contributed by atoms with Crippen LogP contribution in [0, 0.1) is 6.92 Å². The van der Waals surface area contributed by atoms with E-state index < -0.39 is 5.97 Å². The molecule has 2 rings (SSSR count). The molecule has 0 aromatic carbocycles. The van der Waals surface area contributed by atoms with Gasteiger partial charge in [0.2, 0.25) is 5.88 Å². The van der Waals surface area contributed by atoms with Crippen molar-refractivity contribution >= 4 is 5.97 Å². The van der Waals surface area contributed by atoms with Gasteiger partial charge in [0.1, 0.15) is 17.9 Å². The van der Waals surface area contributed by atoms with Crippen LogP contribution in [0.3, 0.4) is 0 Å². The minimum atomic E-state index is -0.472. The average molecular weight is 247 g/mol. The van der Waals surface area contributed by atoms with Gasteiger partial charge >= 0.3 is 5.97 Å². The molecule has 18 heavy (non-hydrogen) atoms. The molecule has 0 radical (unpaired) electrons. The van der Waals surface area contributed by atoms with Gasteiger partial charge in [-0.3, -0.25) is 0 Å². The molecule has 0 atom stereocenters. The fourth-order valence-electron chi connectivity index (χ4n) is 1.49. The highest BCUT2D eigenvalue weighted by molar-refractivity contribution is 5.91. The summed E-state index contributed by atoms with van der Waals surface area (Å²) in [6.07, 6.45) is 3.11. The minimum Gasteiger partial charge on any atom is -0.480 e. The van der Waals surface area contributed by atoms with E-state index in [9.17, 15) is 4.79 Å². The first-order chi connectivity index (χ1) is 8.72. The maximum atomic E-state index is 11.9. The number of carbonyl (C=O) groups is 1. The molecule has 2 aromatic heterocycles. The molecule has 5 nitrogen and oxygen atoms in total. The van der Waals surface area contributed by atoms with Crippen molar-refractivity contribution in [1.82, 2.24) is 4.98 Å². The lowest BCUT2D eigenvalue weighted by atomic mass is 10.2. The summed E-state index contributed by atoms with van der Waals surface area (Å²) in [6.45, 7) is 1.98. The number of furan rings is 1. The van der Waals surface area contributed by atoms with E-state index in [4.69, 9.17) is 13.9 Å². The SMILES string of the molecule is COc1ncccc1C(=O)OCc1ccoc1C. The number of aromatic nitrogens is 1. The number of aryl methyl sites for hydroxylation is 1. The predicted octanol–water partition coefficient (Wildman–Crippen LogP) is 2.35. The molecule has 94 valence electrons. The van der Waals surface area contributed by atoms with E-state index in [1.807, 2.05) is 6.92 Å². The zero-order chi connectivity index (χ0) is 13.0. The summed E-state index contributed by atoms with van der Waals surface area (Å²) in [5.74, 6) is 0.521.